The zero-order chi connectivity index (χ0) is 15.7. The largest absolute Gasteiger partial charge is 0.248 e. The molecule has 0 aliphatic carbocycles. The molecule has 0 fully saturated rings. The Morgan fingerprint density at radius 3 is 3.05 bits per heavy atom. The number of nitrogens with zero attached hydrogens (tertiary/aromatic N) is 3. The van der Waals surface area contributed by atoms with Crippen LogP contribution in [0, 0.1) is 5.82 Å². The highest BCUT2D eigenvalue weighted by atomic mass is 35.5. The Labute approximate surface area is 132 Å². The number of hydrogen-bond donors (Lipinski definition) is 1. The number of halogens is 2. The van der Waals surface area contributed by atoms with Gasteiger partial charge in [0.2, 0.25) is 10.0 Å². The van der Waals surface area contributed by atoms with Gasteiger partial charge in [0.05, 0.1) is 16.8 Å². The van der Waals surface area contributed by atoms with E-state index in [9.17, 15) is 12.8 Å². The molecule has 1 aliphatic heterocycles. The van der Waals surface area contributed by atoms with Crippen molar-refractivity contribution in [1.29, 1.82) is 0 Å². The lowest BCUT2D eigenvalue weighted by molar-refractivity contribution is 0.400. The zero-order valence-corrected chi connectivity index (χ0v) is 13.1. The van der Waals surface area contributed by atoms with Crippen LogP contribution in [0.2, 0.25) is 5.02 Å². The molecule has 2 heterocycles. The fraction of sp³-hybridized carbons (Fsp3) is 0.385. The Morgan fingerprint density at radius 1 is 1.45 bits per heavy atom. The van der Waals surface area contributed by atoms with Gasteiger partial charge in [0.15, 0.2) is 0 Å². The van der Waals surface area contributed by atoms with Crippen LogP contribution < -0.4 is 4.72 Å². The second kappa shape index (κ2) is 5.94. The van der Waals surface area contributed by atoms with E-state index in [2.05, 4.69) is 14.8 Å². The zero-order valence-electron chi connectivity index (χ0n) is 11.5. The van der Waals surface area contributed by atoms with Crippen LogP contribution in [-0.4, -0.2) is 23.2 Å². The molecule has 1 aromatic heterocycles. The first-order chi connectivity index (χ1) is 10.4. The molecule has 1 N–H and O–H groups in total. The standard InChI is InChI=1S/C13H14ClFN4O2S/c14-10-6-9(3-4-11(10)15)7-22(20,21)18-12-2-1-5-19-13(12)16-8-17-19/h3-4,6,8,12,18H,1-2,5,7H2/t12-/m1/s1. The summed E-state index contributed by atoms with van der Waals surface area (Å²) >= 11 is 5.68. The van der Waals surface area contributed by atoms with Gasteiger partial charge in [-0.05, 0) is 30.5 Å². The number of rotatable bonds is 4. The van der Waals surface area contributed by atoms with Gasteiger partial charge in [0.25, 0.3) is 0 Å². The summed E-state index contributed by atoms with van der Waals surface area (Å²) in [5, 5.41) is 3.96. The summed E-state index contributed by atoms with van der Waals surface area (Å²) in [6.07, 6.45) is 2.91. The van der Waals surface area contributed by atoms with Crippen molar-refractivity contribution in [3.8, 4) is 0 Å². The molecule has 1 aromatic carbocycles. The van der Waals surface area contributed by atoms with Crippen molar-refractivity contribution in [3.63, 3.8) is 0 Å². The van der Waals surface area contributed by atoms with Crippen molar-refractivity contribution in [2.45, 2.75) is 31.2 Å². The summed E-state index contributed by atoms with van der Waals surface area (Å²) in [7, 11) is -3.60. The van der Waals surface area contributed by atoms with Crippen LogP contribution in [0.15, 0.2) is 24.5 Å². The lowest BCUT2D eigenvalue weighted by Crippen LogP contribution is -2.34. The Balaban J connectivity index is 1.76. The monoisotopic (exact) mass is 344 g/mol. The molecule has 9 heteroatoms. The van der Waals surface area contributed by atoms with Gasteiger partial charge in [-0.2, -0.15) is 5.10 Å². The third-order valence-corrected chi connectivity index (χ3v) is 5.13. The minimum atomic E-state index is -3.60. The van der Waals surface area contributed by atoms with Gasteiger partial charge in [-0.1, -0.05) is 17.7 Å². The van der Waals surface area contributed by atoms with E-state index >= 15 is 0 Å². The van der Waals surface area contributed by atoms with Crippen molar-refractivity contribution in [3.05, 3.63) is 46.8 Å². The van der Waals surface area contributed by atoms with Gasteiger partial charge in [-0.15, -0.1) is 0 Å². The van der Waals surface area contributed by atoms with Gasteiger partial charge in [-0.3, -0.25) is 0 Å². The third-order valence-electron chi connectivity index (χ3n) is 3.48. The molecular weight excluding hydrogens is 331 g/mol. The molecule has 6 nitrogen and oxygen atoms in total. The Bertz CT molecular complexity index is 793. The Morgan fingerprint density at radius 2 is 2.27 bits per heavy atom. The normalized spacial score (nSPS) is 18.2. The van der Waals surface area contributed by atoms with E-state index in [4.69, 9.17) is 11.6 Å². The van der Waals surface area contributed by atoms with E-state index in [0.29, 0.717) is 17.8 Å². The van der Waals surface area contributed by atoms with E-state index in [1.807, 2.05) is 0 Å². The van der Waals surface area contributed by atoms with Gasteiger partial charge in [-0.25, -0.2) is 27.2 Å². The van der Waals surface area contributed by atoms with Crippen LogP contribution in [0.3, 0.4) is 0 Å². The van der Waals surface area contributed by atoms with Crippen LogP contribution in [0.25, 0.3) is 0 Å². The smallest absolute Gasteiger partial charge is 0.216 e. The molecule has 1 aliphatic rings. The second-order valence-corrected chi connectivity index (χ2v) is 7.32. The Kier molecular flexibility index (Phi) is 4.16. The molecule has 0 unspecified atom stereocenters. The van der Waals surface area contributed by atoms with Crippen LogP contribution in [0.1, 0.15) is 30.3 Å². The molecule has 2 aromatic rings. The summed E-state index contributed by atoms with van der Waals surface area (Å²) < 4.78 is 42.0. The van der Waals surface area contributed by atoms with Gasteiger partial charge < -0.3 is 0 Å². The number of aromatic nitrogens is 3. The fourth-order valence-corrected chi connectivity index (χ4v) is 4.07. The van der Waals surface area contributed by atoms with Crippen molar-refractivity contribution in [2.24, 2.45) is 0 Å². The molecule has 0 bridgehead atoms. The highest BCUT2D eigenvalue weighted by molar-refractivity contribution is 7.88. The maximum absolute atomic E-state index is 13.1. The van der Waals surface area contributed by atoms with E-state index < -0.39 is 21.9 Å². The predicted molar refractivity (Wildman–Crippen MR) is 79.2 cm³/mol. The van der Waals surface area contributed by atoms with Crippen LogP contribution >= 0.6 is 11.6 Å². The van der Waals surface area contributed by atoms with Gasteiger partial charge in [0.1, 0.15) is 18.0 Å². The number of aryl methyl sites for hydroxylation is 1. The molecular formula is C13H14ClFN4O2S. The molecule has 3 rings (SSSR count). The molecule has 118 valence electrons. The summed E-state index contributed by atoms with van der Waals surface area (Å²) in [6.45, 7) is 0.737. The van der Waals surface area contributed by atoms with E-state index in [1.54, 1.807) is 4.68 Å². The molecule has 0 saturated carbocycles. The average Bonchev–Trinajstić information content (AvgIpc) is 2.92. The first-order valence-electron chi connectivity index (χ1n) is 6.76. The predicted octanol–water partition coefficient (Wildman–Crippen LogP) is 2.03. The van der Waals surface area contributed by atoms with E-state index in [1.165, 1.54) is 18.5 Å². The summed E-state index contributed by atoms with van der Waals surface area (Å²) in [5.41, 5.74) is 0.427. The minimum absolute atomic E-state index is 0.0925. The van der Waals surface area contributed by atoms with Crippen molar-refractivity contribution >= 4 is 21.6 Å². The first-order valence-corrected chi connectivity index (χ1v) is 8.79. The fourth-order valence-electron chi connectivity index (χ4n) is 2.51. The minimum Gasteiger partial charge on any atom is -0.248 e. The maximum atomic E-state index is 13.1. The summed E-state index contributed by atoms with van der Waals surface area (Å²) in [4.78, 5) is 4.11. The van der Waals surface area contributed by atoms with Crippen molar-refractivity contribution < 1.29 is 12.8 Å². The number of sulfonamides is 1. The van der Waals surface area contributed by atoms with Crippen molar-refractivity contribution in [2.75, 3.05) is 0 Å². The molecule has 22 heavy (non-hydrogen) atoms. The number of hydrogen-bond acceptors (Lipinski definition) is 4. The average molecular weight is 345 g/mol. The molecule has 0 spiro atoms. The summed E-state index contributed by atoms with van der Waals surface area (Å²) in [5.74, 6) is -0.222. The summed E-state index contributed by atoms with van der Waals surface area (Å²) in [6, 6.07) is 3.49. The van der Waals surface area contributed by atoms with E-state index in [-0.39, 0.29) is 10.8 Å². The van der Waals surface area contributed by atoms with Crippen LogP contribution in [-0.2, 0) is 22.3 Å². The third kappa shape index (κ3) is 3.29. The van der Waals surface area contributed by atoms with E-state index in [0.717, 1.165) is 19.0 Å². The lowest BCUT2D eigenvalue weighted by atomic mass is 10.1. The number of fused-ring (bicyclic) bond motifs is 1. The highest BCUT2D eigenvalue weighted by Gasteiger charge is 2.26. The highest BCUT2D eigenvalue weighted by Crippen LogP contribution is 2.24. The SMILES string of the molecule is O=S(=O)(Cc1ccc(F)c(Cl)c1)N[C@@H]1CCCn2ncnc21. The van der Waals surface area contributed by atoms with Crippen LogP contribution in [0.4, 0.5) is 4.39 Å². The maximum Gasteiger partial charge on any atom is 0.216 e. The van der Waals surface area contributed by atoms with Crippen molar-refractivity contribution in [1.82, 2.24) is 19.5 Å². The lowest BCUT2D eigenvalue weighted by Gasteiger charge is -2.23. The molecule has 0 radical (unpaired) electrons. The topological polar surface area (TPSA) is 76.9 Å². The molecule has 0 amide bonds. The second-order valence-electron chi connectivity index (χ2n) is 5.16. The van der Waals surface area contributed by atoms with Crippen LogP contribution in [0.5, 0.6) is 0 Å². The van der Waals surface area contributed by atoms with Gasteiger partial charge >= 0.3 is 0 Å². The Hall–Kier alpha value is -1.51. The van der Waals surface area contributed by atoms with Gasteiger partial charge in [0, 0.05) is 6.54 Å². The first kappa shape index (κ1) is 15.4. The molecule has 1 atom stereocenters. The number of nitrogens with one attached hydrogen (secondary N) is 1. The molecule has 0 saturated heterocycles. The number of benzene rings is 1. The quantitative estimate of drug-likeness (QED) is 0.920.